The fourth-order valence-corrected chi connectivity index (χ4v) is 3.72. The van der Waals surface area contributed by atoms with Crippen molar-refractivity contribution in [3.63, 3.8) is 0 Å². The first-order valence-electron chi connectivity index (χ1n) is 8.43. The normalized spacial score (nSPS) is 23.8. The molecule has 7 nitrogen and oxygen atoms in total. The summed E-state index contributed by atoms with van der Waals surface area (Å²) >= 11 is 6.30. The van der Waals surface area contributed by atoms with Gasteiger partial charge in [0.15, 0.2) is 11.5 Å². The molecule has 1 amide bonds. The maximum Gasteiger partial charge on any atom is 0.338 e. The quantitative estimate of drug-likeness (QED) is 0.589. The van der Waals surface area contributed by atoms with E-state index in [1.807, 2.05) is 0 Å². The number of nitrogens with zero attached hydrogens (tertiary/aromatic N) is 1. The smallest absolute Gasteiger partial charge is 0.338 e. The van der Waals surface area contributed by atoms with Crippen LogP contribution in [0.3, 0.4) is 0 Å². The van der Waals surface area contributed by atoms with Crippen molar-refractivity contribution < 1.29 is 28.6 Å². The number of halogens is 1. The van der Waals surface area contributed by atoms with Gasteiger partial charge >= 0.3 is 5.97 Å². The zero-order chi connectivity index (χ0) is 19.1. The number of rotatable bonds is 3. The van der Waals surface area contributed by atoms with Crippen LogP contribution in [0.2, 0.25) is 5.02 Å². The summed E-state index contributed by atoms with van der Waals surface area (Å²) in [6.07, 6.45) is 2.31. The first-order chi connectivity index (χ1) is 12.3. The molecule has 0 atom stereocenters. The highest BCUT2D eigenvalue weighted by Crippen LogP contribution is 2.52. The van der Waals surface area contributed by atoms with Crippen LogP contribution >= 0.6 is 11.6 Å². The molecule has 1 aliphatic heterocycles. The highest BCUT2D eigenvalue weighted by molar-refractivity contribution is 6.32. The second-order valence-corrected chi connectivity index (χ2v) is 7.00. The van der Waals surface area contributed by atoms with Gasteiger partial charge in [-0.1, -0.05) is 11.6 Å². The molecule has 0 radical (unpaired) electrons. The molecule has 26 heavy (non-hydrogen) atoms. The number of benzene rings is 1. The minimum atomic E-state index is -0.853. The second kappa shape index (κ2) is 6.96. The predicted molar refractivity (Wildman–Crippen MR) is 93.3 cm³/mol. The molecule has 1 fully saturated rings. The van der Waals surface area contributed by atoms with E-state index in [0.717, 1.165) is 0 Å². The third-order valence-electron chi connectivity index (χ3n) is 5.10. The lowest BCUT2D eigenvalue weighted by atomic mass is 9.84. The Kier molecular flexibility index (Phi) is 5.03. The zero-order valence-electron chi connectivity index (χ0n) is 15.3. The van der Waals surface area contributed by atoms with Crippen LogP contribution in [0.15, 0.2) is 6.07 Å². The first-order valence-corrected chi connectivity index (χ1v) is 8.81. The summed E-state index contributed by atoms with van der Waals surface area (Å²) in [5.41, 5.74) is 0.980. The average molecular weight is 384 g/mol. The van der Waals surface area contributed by atoms with Crippen molar-refractivity contribution in [2.75, 3.05) is 21.3 Å². The van der Waals surface area contributed by atoms with Gasteiger partial charge in [0.25, 0.3) is 5.79 Å². The number of esters is 1. The number of ether oxygens (including phenoxy) is 3. The lowest BCUT2D eigenvalue weighted by Crippen LogP contribution is -2.45. The molecule has 1 aromatic rings. The van der Waals surface area contributed by atoms with Crippen molar-refractivity contribution in [2.24, 2.45) is 5.92 Å². The fourth-order valence-electron chi connectivity index (χ4n) is 3.49. The van der Waals surface area contributed by atoms with Gasteiger partial charge in [0, 0.05) is 31.4 Å². The SMILES string of the molecule is COC(=O)c1cc(Cl)c2c(c1C)OC1(CCC(C(=O)N(C)OC)CC1)O2. The van der Waals surface area contributed by atoms with Crippen LogP contribution in [0, 0.1) is 12.8 Å². The third-order valence-corrected chi connectivity index (χ3v) is 5.38. The number of carbonyl (C=O) groups is 2. The minimum absolute atomic E-state index is 0.0555. The van der Waals surface area contributed by atoms with Crippen molar-refractivity contribution >= 4 is 23.5 Å². The number of hydroxylamine groups is 2. The van der Waals surface area contributed by atoms with Gasteiger partial charge in [0.2, 0.25) is 5.91 Å². The third kappa shape index (κ3) is 3.10. The molecule has 0 N–H and O–H groups in total. The lowest BCUT2D eigenvalue weighted by molar-refractivity contribution is -0.179. The summed E-state index contributed by atoms with van der Waals surface area (Å²) in [6.45, 7) is 1.77. The van der Waals surface area contributed by atoms with E-state index in [-0.39, 0.29) is 11.8 Å². The molecule has 1 aromatic carbocycles. The van der Waals surface area contributed by atoms with Gasteiger partial charge < -0.3 is 14.2 Å². The Morgan fingerprint density at radius 3 is 2.42 bits per heavy atom. The molecule has 2 aliphatic rings. The topological polar surface area (TPSA) is 74.3 Å². The van der Waals surface area contributed by atoms with Crippen LogP contribution in [0.1, 0.15) is 41.6 Å². The minimum Gasteiger partial charge on any atom is -0.465 e. The largest absolute Gasteiger partial charge is 0.465 e. The lowest BCUT2D eigenvalue weighted by Gasteiger charge is -2.35. The molecule has 142 valence electrons. The standard InChI is InChI=1S/C18H22ClNO6/c1-10-12(17(22)23-3)9-13(19)15-14(10)25-18(26-15)7-5-11(6-8-18)16(21)20(2)24-4/h9,11H,5-8H2,1-4H3. The molecule has 1 heterocycles. The average Bonchev–Trinajstić information content (AvgIpc) is 3.03. The van der Waals surface area contributed by atoms with Crippen molar-refractivity contribution in [1.82, 2.24) is 5.06 Å². The van der Waals surface area contributed by atoms with Crippen molar-refractivity contribution in [3.05, 3.63) is 22.2 Å². The van der Waals surface area contributed by atoms with E-state index < -0.39 is 11.8 Å². The number of fused-ring (bicyclic) bond motifs is 1. The summed E-state index contributed by atoms with van der Waals surface area (Å²) in [6, 6.07) is 1.53. The number of hydrogen-bond donors (Lipinski definition) is 0. The molecule has 0 aromatic heterocycles. The monoisotopic (exact) mass is 383 g/mol. The summed E-state index contributed by atoms with van der Waals surface area (Å²) in [4.78, 5) is 29.2. The number of hydrogen-bond acceptors (Lipinski definition) is 6. The molecule has 0 bridgehead atoms. The van der Waals surface area contributed by atoms with Crippen molar-refractivity contribution in [3.8, 4) is 11.5 Å². The second-order valence-electron chi connectivity index (χ2n) is 6.59. The number of amides is 1. The van der Waals surface area contributed by atoms with Gasteiger partial charge in [0.1, 0.15) is 0 Å². The Hall–Kier alpha value is -1.99. The Bertz CT molecular complexity index is 742. The Labute approximate surface area is 157 Å². The van der Waals surface area contributed by atoms with Crippen LogP contribution in [-0.4, -0.2) is 44.0 Å². The molecular weight excluding hydrogens is 362 g/mol. The van der Waals surface area contributed by atoms with Crippen LogP contribution in [0.25, 0.3) is 0 Å². The van der Waals surface area contributed by atoms with E-state index in [0.29, 0.717) is 53.3 Å². The van der Waals surface area contributed by atoms with Crippen LogP contribution < -0.4 is 9.47 Å². The van der Waals surface area contributed by atoms with Gasteiger partial charge in [-0.05, 0) is 25.8 Å². The molecular formula is C18H22ClNO6. The highest BCUT2D eigenvalue weighted by atomic mass is 35.5. The fraction of sp³-hybridized carbons (Fsp3) is 0.556. The summed E-state index contributed by atoms with van der Waals surface area (Å²) in [5, 5.41) is 1.55. The van der Waals surface area contributed by atoms with E-state index in [1.54, 1.807) is 14.0 Å². The molecule has 1 saturated carbocycles. The van der Waals surface area contributed by atoms with Crippen LogP contribution in [-0.2, 0) is 14.4 Å². The van der Waals surface area contributed by atoms with Gasteiger partial charge in [-0.2, -0.15) is 0 Å². The summed E-state index contributed by atoms with van der Waals surface area (Å²) in [7, 11) is 4.38. The van der Waals surface area contributed by atoms with Crippen molar-refractivity contribution in [1.29, 1.82) is 0 Å². The van der Waals surface area contributed by atoms with Crippen LogP contribution in [0.4, 0.5) is 0 Å². The van der Waals surface area contributed by atoms with Gasteiger partial charge in [-0.15, -0.1) is 0 Å². The van der Waals surface area contributed by atoms with E-state index in [4.69, 9.17) is 30.6 Å². The number of methoxy groups -OCH3 is 1. The van der Waals surface area contributed by atoms with Gasteiger partial charge in [-0.3, -0.25) is 9.63 Å². The highest BCUT2D eigenvalue weighted by Gasteiger charge is 2.48. The van der Waals surface area contributed by atoms with E-state index in [2.05, 4.69) is 0 Å². The molecule has 0 unspecified atom stereocenters. The van der Waals surface area contributed by atoms with E-state index >= 15 is 0 Å². The Morgan fingerprint density at radius 1 is 1.23 bits per heavy atom. The maximum atomic E-state index is 12.3. The first kappa shape index (κ1) is 18.8. The van der Waals surface area contributed by atoms with E-state index in [1.165, 1.54) is 25.3 Å². The molecule has 1 spiro atoms. The van der Waals surface area contributed by atoms with Gasteiger partial charge in [0.05, 0.1) is 24.8 Å². The predicted octanol–water partition coefficient (Wildman–Crippen LogP) is 3.11. The van der Waals surface area contributed by atoms with Crippen molar-refractivity contribution in [2.45, 2.75) is 38.4 Å². The Balaban J connectivity index is 1.79. The summed E-state index contributed by atoms with van der Waals surface area (Å²) < 4.78 is 17.0. The zero-order valence-corrected chi connectivity index (χ0v) is 16.0. The van der Waals surface area contributed by atoms with E-state index in [9.17, 15) is 9.59 Å². The Morgan fingerprint density at radius 2 is 1.85 bits per heavy atom. The molecule has 1 aliphatic carbocycles. The maximum absolute atomic E-state index is 12.3. The van der Waals surface area contributed by atoms with Gasteiger partial charge in [-0.25, -0.2) is 9.86 Å². The number of carbonyl (C=O) groups excluding carboxylic acids is 2. The summed E-state index contributed by atoms with van der Waals surface area (Å²) in [5.74, 6) is -0.613. The molecule has 3 rings (SSSR count). The molecule has 8 heteroatoms. The van der Waals surface area contributed by atoms with Crippen LogP contribution in [0.5, 0.6) is 11.5 Å². The molecule has 0 saturated heterocycles.